The van der Waals surface area contributed by atoms with Gasteiger partial charge in [-0.05, 0) is 66.3 Å². The Morgan fingerprint density at radius 3 is 2.60 bits per heavy atom. The van der Waals surface area contributed by atoms with Gasteiger partial charge in [-0.3, -0.25) is 0 Å². The molecule has 0 amide bonds. The summed E-state index contributed by atoms with van der Waals surface area (Å²) in [6.07, 6.45) is 1.98. The number of halogens is 1. The molecule has 2 N–H and O–H groups in total. The van der Waals surface area contributed by atoms with Crippen LogP contribution in [0.3, 0.4) is 0 Å². The Morgan fingerprint density at radius 1 is 0.950 bits per heavy atom. The van der Waals surface area contributed by atoms with Gasteiger partial charge in [0.1, 0.15) is 0 Å². The number of hydrogen-bond donors (Lipinski definition) is 2. The van der Waals surface area contributed by atoms with Gasteiger partial charge in [-0.25, -0.2) is 0 Å². The lowest BCUT2D eigenvalue weighted by Gasteiger charge is -2.09. The first-order valence-electron chi connectivity index (χ1n) is 6.59. The molecule has 3 aromatic rings. The van der Waals surface area contributed by atoms with Crippen molar-refractivity contribution in [3.63, 3.8) is 0 Å². The van der Waals surface area contributed by atoms with E-state index in [4.69, 9.17) is 0 Å². The van der Waals surface area contributed by atoms with Crippen LogP contribution in [-0.2, 0) is 6.54 Å². The van der Waals surface area contributed by atoms with Gasteiger partial charge in [-0.1, -0.05) is 12.1 Å². The van der Waals surface area contributed by atoms with Gasteiger partial charge in [0.25, 0.3) is 0 Å². The molecule has 0 bridgehead atoms. The topological polar surface area (TPSA) is 27.8 Å². The standard InChI is InChI=1S/C17H18N2.ClH/c1-12-3-5-16(9-13(12)2)19-11-14-4-6-17-15(10-14)7-8-18-17;/h3-10,18-19H,11H2,1-2H3;1H. The summed E-state index contributed by atoms with van der Waals surface area (Å²) in [5, 5.41) is 4.74. The summed E-state index contributed by atoms with van der Waals surface area (Å²) in [7, 11) is 0. The summed E-state index contributed by atoms with van der Waals surface area (Å²) in [6.45, 7) is 5.13. The number of fused-ring (bicyclic) bond motifs is 1. The lowest BCUT2D eigenvalue weighted by Crippen LogP contribution is -1.99. The van der Waals surface area contributed by atoms with Gasteiger partial charge in [0, 0.05) is 23.9 Å². The Bertz CT molecular complexity index is 716. The minimum Gasteiger partial charge on any atom is -0.381 e. The zero-order valence-corrected chi connectivity index (χ0v) is 12.6. The van der Waals surface area contributed by atoms with Gasteiger partial charge in [-0.15, -0.1) is 12.4 Å². The number of nitrogens with one attached hydrogen (secondary N) is 2. The van der Waals surface area contributed by atoms with Gasteiger partial charge in [0.2, 0.25) is 0 Å². The molecular formula is C17H19ClN2. The normalized spacial score (nSPS) is 10.3. The van der Waals surface area contributed by atoms with Gasteiger partial charge < -0.3 is 10.3 Å². The van der Waals surface area contributed by atoms with E-state index in [-0.39, 0.29) is 12.4 Å². The van der Waals surface area contributed by atoms with Crippen LogP contribution in [0.15, 0.2) is 48.7 Å². The van der Waals surface area contributed by atoms with E-state index < -0.39 is 0 Å². The van der Waals surface area contributed by atoms with Crippen LogP contribution in [0.1, 0.15) is 16.7 Å². The molecule has 0 atom stereocenters. The fraction of sp³-hybridized carbons (Fsp3) is 0.176. The molecule has 0 unspecified atom stereocenters. The molecule has 0 aliphatic heterocycles. The molecule has 2 nitrogen and oxygen atoms in total. The van der Waals surface area contributed by atoms with Crippen LogP contribution < -0.4 is 5.32 Å². The van der Waals surface area contributed by atoms with Crippen LogP contribution in [0.2, 0.25) is 0 Å². The van der Waals surface area contributed by atoms with Gasteiger partial charge in [0.15, 0.2) is 0 Å². The number of rotatable bonds is 3. The van der Waals surface area contributed by atoms with Crippen molar-refractivity contribution in [2.24, 2.45) is 0 Å². The van der Waals surface area contributed by atoms with E-state index in [1.807, 2.05) is 6.20 Å². The lowest BCUT2D eigenvalue weighted by molar-refractivity contribution is 1.15. The summed E-state index contributed by atoms with van der Waals surface area (Å²) >= 11 is 0. The van der Waals surface area contributed by atoms with Crippen molar-refractivity contribution in [2.75, 3.05) is 5.32 Å². The van der Waals surface area contributed by atoms with Crippen molar-refractivity contribution in [1.82, 2.24) is 4.98 Å². The maximum absolute atomic E-state index is 3.48. The van der Waals surface area contributed by atoms with Gasteiger partial charge in [0.05, 0.1) is 0 Å². The van der Waals surface area contributed by atoms with Crippen molar-refractivity contribution < 1.29 is 0 Å². The van der Waals surface area contributed by atoms with Crippen molar-refractivity contribution >= 4 is 29.0 Å². The predicted molar refractivity (Wildman–Crippen MR) is 88.8 cm³/mol. The predicted octanol–water partition coefficient (Wildman–Crippen LogP) is 4.82. The third-order valence-corrected chi connectivity index (χ3v) is 3.62. The van der Waals surface area contributed by atoms with Crippen LogP contribution in [0.4, 0.5) is 5.69 Å². The van der Waals surface area contributed by atoms with Crippen molar-refractivity contribution in [2.45, 2.75) is 20.4 Å². The molecule has 1 aromatic heterocycles. The first-order valence-corrected chi connectivity index (χ1v) is 6.59. The fourth-order valence-electron chi connectivity index (χ4n) is 2.27. The highest BCUT2D eigenvalue weighted by atomic mass is 35.5. The summed E-state index contributed by atoms with van der Waals surface area (Å²) in [6, 6.07) is 15.1. The van der Waals surface area contributed by atoms with Crippen LogP contribution in [-0.4, -0.2) is 4.98 Å². The molecule has 0 aliphatic carbocycles. The number of benzene rings is 2. The monoisotopic (exact) mass is 286 g/mol. The Balaban J connectivity index is 0.00000147. The number of aryl methyl sites for hydroxylation is 2. The van der Waals surface area contributed by atoms with Crippen molar-refractivity contribution in [3.8, 4) is 0 Å². The third kappa shape index (κ3) is 2.97. The van der Waals surface area contributed by atoms with E-state index in [9.17, 15) is 0 Å². The number of aromatic nitrogens is 1. The quantitative estimate of drug-likeness (QED) is 0.710. The molecule has 0 spiro atoms. The molecule has 3 heteroatoms. The van der Waals surface area contributed by atoms with E-state index >= 15 is 0 Å². The van der Waals surface area contributed by atoms with E-state index in [0.29, 0.717) is 0 Å². The number of hydrogen-bond acceptors (Lipinski definition) is 1. The summed E-state index contributed by atoms with van der Waals surface area (Å²) in [5.74, 6) is 0. The molecule has 20 heavy (non-hydrogen) atoms. The molecule has 3 rings (SSSR count). The first-order chi connectivity index (χ1) is 9.22. The second-order valence-corrected chi connectivity index (χ2v) is 5.05. The molecule has 0 saturated carbocycles. The molecule has 2 aromatic carbocycles. The minimum absolute atomic E-state index is 0. The summed E-state index contributed by atoms with van der Waals surface area (Å²) in [5.41, 5.74) is 6.32. The first kappa shape index (κ1) is 14.5. The molecule has 0 saturated heterocycles. The zero-order chi connectivity index (χ0) is 13.2. The summed E-state index contributed by atoms with van der Waals surface area (Å²) in [4.78, 5) is 3.21. The SMILES string of the molecule is Cc1ccc(NCc2ccc3[nH]ccc3c2)cc1C.Cl. The average molecular weight is 287 g/mol. The second-order valence-electron chi connectivity index (χ2n) is 5.05. The molecule has 1 heterocycles. The van der Waals surface area contributed by atoms with Crippen molar-refractivity contribution in [1.29, 1.82) is 0 Å². The average Bonchev–Trinajstić information content (AvgIpc) is 2.87. The van der Waals surface area contributed by atoms with E-state index in [1.54, 1.807) is 0 Å². The van der Waals surface area contributed by atoms with Crippen LogP contribution in [0.5, 0.6) is 0 Å². The minimum atomic E-state index is 0. The fourth-order valence-corrected chi connectivity index (χ4v) is 2.27. The number of H-pyrrole nitrogens is 1. The Morgan fingerprint density at radius 2 is 1.80 bits per heavy atom. The molecule has 0 radical (unpaired) electrons. The Hall–Kier alpha value is -1.93. The number of anilines is 1. The Kier molecular flexibility index (Phi) is 4.35. The van der Waals surface area contributed by atoms with E-state index in [1.165, 1.54) is 33.3 Å². The zero-order valence-electron chi connectivity index (χ0n) is 11.7. The van der Waals surface area contributed by atoms with Crippen molar-refractivity contribution in [3.05, 3.63) is 65.4 Å². The largest absolute Gasteiger partial charge is 0.381 e. The molecule has 0 fully saturated rings. The second kappa shape index (κ2) is 6.02. The van der Waals surface area contributed by atoms with E-state index in [2.05, 4.69) is 66.6 Å². The highest BCUT2D eigenvalue weighted by Gasteiger charge is 1.99. The van der Waals surface area contributed by atoms with E-state index in [0.717, 1.165) is 6.54 Å². The maximum Gasteiger partial charge on any atom is 0.0454 e. The Labute approximate surface area is 125 Å². The smallest absolute Gasteiger partial charge is 0.0454 e. The van der Waals surface area contributed by atoms with Crippen LogP contribution in [0, 0.1) is 13.8 Å². The van der Waals surface area contributed by atoms with Gasteiger partial charge in [-0.2, -0.15) is 0 Å². The van der Waals surface area contributed by atoms with Gasteiger partial charge >= 0.3 is 0 Å². The maximum atomic E-state index is 3.48. The van der Waals surface area contributed by atoms with Crippen LogP contribution >= 0.6 is 12.4 Å². The molecule has 0 aliphatic rings. The number of aromatic amines is 1. The molecule has 104 valence electrons. The highest BCUT2D eigenvalue weighted by molar-refractivity contribution is 5.85. The highest BCUT2D eigenvalue weighted by Crippen LogP contribution is 2.17. The van der Waals surface area contributed by atoms with Crippen LogP contribution in [0.25, 0.3) is 10.9 Å². The lowest BCUT2D eigenvalue weighted by atomic mass is 10.1. The molecular weight excluding hydrogens is 268 g/mol. The summed E-state index contributed by atoms with van der Waals surface area (Å²) < 4.78 is 0. The third-order valence-electron chi connectivity index (χ3n) is 3.62.